The fraction of sp³-hybridized carbons (Fsp3) is 0.632. The number of ketones is 1. The van der Waals surface area contributed by atoms with Crippen LogP contribution in [0.15, 0.2) is 24.3 Å². The molecule has 0 radical (unpaired) electrons. The number of aryl methyl sites for hydroxylation is 1. The van der Waals surface area contributed by atoms with Crippen LogP contribution in [0.4, 0.5) is 0 Å². The SMILES string of the molecule is CC[NH+]1CC[NH+](CCCOc2ccc(CCC(C)=O)cc2)CC1. The van der Waals surface area contributed by atoms with Crippen molar-refractivity contribution in [3.63, 3.8) is 0 Å². The van der Waals surface area contributed by atoms with Gasteiger partial charge in [-0.2, -0.15) is 0 Å². The van der Waals surface area contributed by atoms with E-state index in [2.05, 4.69) is 19.1 Å². The van der Waals surface area contributed by atoms with Crippen LogP contribution < -0.4 is 14.5 Å². The zero-order valence-electron chi connectivity index (χ0n) is 14.7. The number of likely N-dealkylation sites (N-methyl/N-ethyl adjacent to an activating group) is 1. The second-order valence-corrected chi connectivity index (χ2v) is 6.65. The normalized spacial score (nSPS) is 21.1. The number of carbonyl (C=O) groups is 1. The third kappa shape index (κ3) is 6.71. The predicted molar refractivity (Wildman–Crippen MR) is 92.4 cm³/mol. The third-order valence-corrected chi connectivity index (χ3v) is 4.80. The maximum Gasteiger partial charge on any atom is 0.130 e. The molecule has 1 aromatic rings. The van der Waals surface area contributed by atoms with Crippen molar-refractivity contribution in [1.82, 2.24) is 0 Å². The molecule has 1 heterocycles. The number of hydrogen-bond donors (Lipinski definition) is 2. The van der Waals surface area contributed by atoms with E-state index in [1.54, 1.807) is 16.7 Å². The van der Waals surface area contributed by atoms with Crippen LogP contribution in [0.3, 0.4) is 0 Å². The van der Waals surface area contributed by atoms with Gasteiger partial charge in [-0.1, -0.05) is 12.1 Å². The number of quaternary nitrogens is 2. The van der Waals surface area contributed by atoms with E-state index < -0.39 is 0 Å². The van der Waals surface area contributed by atoms with Crippen LogP contribution in [-0.2, 0) is 11.2 Å². The molecule has 0 amide bonds. The Kier molecular flexibility index (Phi) is 7.56. The van der Waals surface area contributed by atoms with Gasteiger partial charge >= 0.3 is 0 Å². The fourth-order valence-corrected chi connectivity index (χ4v) is 3.15. The van der Waals surface area contributed by atoms with Crippen LogP contribution in [0.25, 0.3) is 0 Å². The molecular weight excluding hydrogens is 288 g/mol. The van der Waals surface area contributed by atoms with E-state index >= 15 is 0 Å². The van der Waals surface area contributed by atoms with Crippen molar-refractivity contribution in [3.8, 4) is 5.75 Å². The van der Waals surface area contributed by atoms with Gasteiger partial charge in [-0.3, -0.25) is 0 Å². The number of nitrogens with one attached hydrogen (secondary N) is 2. The Hall–Kier alpha value is -1.39. The minimum atomic E-state index is 0.245. The first-order valence-electron chi connectivity index (χ1n) is 9.05. The molecule has 1 saturated heterocycles. The Morgan fingerprint density at radius 3 is 2.35 bits per heavy atom. The molecule has 0 saturated carbocycles. The van der Waals surface area contributed by atoms with Crippen LogP contribution in [0.2, 0.25) is 0 Å². The molecule has 0 atom stereocenters. The fourth-order valence-electron chi connectivity index (χ4n) is 3.15. The van der Waals surface area contributed by atoms with E-state index in [9.17, 15) is 4.79 Å². The minimum absolute atomic E-state index is 0.245. The number of benzene rings is 1. The number of rotatable bonds is 9. The molecule has 4 nitrogen and oxygen atoms in total. The summed E-state index contributed by atoms with van der Waals surface area (Å²) < 4.78 is 5.83. The summed E-state index contributed by atoms with van der Waals surface area (Å²) in [6, 6.07) is 8.17. The lowest BCUT2D eigenvalue weighted by Gasteiger charge is -2.28. The summed E-state index contributed by atoms with van der Waals surface area (Å²) in [4.78, 5) is 14.5. The second kappa shape index (κ2) is 9.68. The van der Waals surface area contributed by atoms with Gasteiger partial charge in [0.1, 0.15) is 37.7 Å². The Morgan fingerprint density at radius 1 is 1.09 bits per heavy atom. The minimum Gasteiger partial charge on any atom is -0.493 e. The first-order chi connectivity index (χ1) is 11.2. The molecule has 2 rings (SSSR count). The Labute approximate surface area is 140 Å². The van der Waals surface area contributed by atoms with Crippen molar-refractivity contribution in [2.24, 2.45) is 0 Å². The van der Waals surface area contributed by atoms with Gasteiger partial charge in [0.15, 0.2) is 0 Å². The topological polar surface area (TPSA) is 35.2 Å². The van der Waals surface area contributed by atoms with Crippen LogP contribution in [0.1, 0.15) is 32.3 Å². The molecule has 128 valence electrons. The van der Waals surface area contributed by atoms with Crippen LogP contribution in [-0.4, -0.2) is 51.7 Å². The van der Waals surface area contributed by atoms with E-state index in [0.717, 1.165) is 25.2 Å². The van der Waals surface area contributed by atoms with Crippen molar-refractivity contribution in [3.05, 3.63) is 29.8 Å². The summed E-state index contributed by atoms with van der Waals surface area (Å²) in [6.07, 6.45) is 2.56. The average molecular weight is 320 g/mol. The standard InChI is InChI=1S/C19H30N2O2/c1-3-20-12-14-21(15-13-20)11-4-16-23-19-9-7-18(8-10-19)6-5-17(2)22/h7-10H,3-6,11-16H2,1-2H3/p+2. The van der Waals surface area contributed by atoms with Crippen LogP contribution in [0.5, 0.6) is 5.75 Å². The van der Waals surface area contributed by atoms with E-state index in [-0.39, 0.29) is 5.78 Å². The Balaban J connectivity index is 1.60. The lowest BCUT2D eigenvalue weighted by molar-refractivity contribution is -1.01. The molecular formula is C19H32N2O2+2. The van der Waals surface area contributed by atoms with Gasteiger partial charge in [-0.15, -0.1) is 0 Å². The zero-order valence-corrected chi connectivity index (χ0v) is 14.7. The molecule has 1 aliphatic rings. The molecule has 1 aromatic carbocycles. The molecule has 0 bridgehead atoms. The summed E-state index contributed by atoms with van der Waals surface area (Å²) in [7, 11) is 0. The molecule has 23 heavy (non-hydrogen) atoms. The third-order valence-electron chi connectivity index (χ3n) is 4.80. The summed E-state index contributed by atoms with van der Waals surface area (Å²) in [5, 5.41) is 0. The molecule has 0 aliphatic carbocycles. The molecule has 0 spiro atoms. The number of piperazine rings is 1. The first kappa shape index (κ1) is 18.0. The highest BCUT2D eigenvalue weighted by Crippen LogP contribution is 2.13. The van der Waals surface area contributed by atoms with Crippen LogP contribution >= 0.6 is 0 Å². The highest BCUT2D eigenvalue weighted by atomic mass is 16.5. The second-order valence-electron chi connectivity index (χ2n) is 6.65. The van der Waals surface area contributed by atoms with Gasteiger partial charge in [0.25, 0.3) is 0 Å². The van der Waals surface area contributed by atoms with E-state index in [1.807, 2.05) is 12.1 Å². The lowest BCUT2D eigenvalue weighted by Crippen LogP contribution is -3.28. The summed E-state index contributed by atoms with van der Waals surface area (Å²) in [5.74, 6) is 1.18. The van der Waals surface area contributed by atoms with Gasteiger partial charge in [0, 0.05) is 12.8 Å². The predicted octanol–water partition coefficient (Wildman–Crippen LogP) is -0.220. The van der Waals surface area contributed by atoms with E-state index in [4.69, 9.17) is 4.74 Å². The van der Waals surface area contributed by atoms with Crippen LogP contribution in [0, 0.1) is 0 Å². The molecule has 0 unspecified atom stereocenters. The van der Waals surface area contributed by atoms with E-state index in [0.29, 0.717) is 6.42 Å². The van der Waals surface area contributed by atoms with Gasteiger partial charge in [-0.25, -0.2) is 0 Å². The van der Waals surface area contributed by atoms with Crippen molar-refractivity contribution in [2.45, 2.75) is 33.1 Å². The number of carbonyl (C=O) groups excluding carboxylic acids is 1. The average Bonchev–Trinajstić information content (AvgIpc) is 2.58. The highest BCUT2D eigenvalue weighted by molar-refractivity contribution is 5.75. The number of hydrogen-bond acceptors (Lipinski definition) is 2. The van der Waals surface area contributed by atoms with Gasteiger partial charge in [0.2, 0.25) is 0 Å². The molecule has 0 aromatic heterocycles. The van der Waals surface area contributed by atoms with Crippen molar-refractivity contribution in [2.75, 3.05) is 45.9 Å². The van der Waals surface area contributed by atoms with Crippen molar-refractivity contribution < 1.29 is 19.3 Å². The Bertz CT molecular complexity index is 465. The maximum atomic E-state index is 11.0. The van der Waals surface area contributed by atoms with E-state index in [1.165, 1.54) is 44.8 Å². The maximum absolute atomic E-state index is 11.0. The van der Waals surface area contributed by atoms with Crippen molar-refractivity contribution >= 4 is 5.78 Å². The monoisotopic (exact) mass is 320 g/mol. The van der Waals surface area contributed by atoms with Gasteiger partial charge < -0.3 is 19.3 Å². The molecule has 2 N–H and O–H groups in total. The largest absolute Gasteiger partial charge is 0.493 e. The van der Waals surface area contributed by atoms with Gasteiger partial charge in [0.05, 0.1) is 19.7 Å². The molecule has 1 aliphatic heterocycles. The summed E-state index contributed by atoms with van der Waals surface area (Å²) in [6.45, 7) is 12.4. The quantitative estimate of drug-likeness (QED) is 0.617. The smallest absolute Gasteiger partial charge is 0.130 e. The highest BCUT2D eigenvalue weighted by Gasteiger charge is 2.20. The van der Waals surface area contributed by atoms with Gasteiger partial charge in [-0.05, 0) is 38.0 Å². The first-order valence-corrected chi connectivity index (χ1v) is 9.05. The Morgan fingerprint density at radius 2 is 1.74 bits per heavy atom. The van der Waals surface area contributed by atoms with Crippen molar-refractivity contribution in [1.29, 1.82) is 0 Å². The summed E-state index contributed by atoms with van der Waals surface area (Å²) in [5.41, 5.74) is 1.20. The lowest BCUT2D eigenvalue weighted by atomic mass is 10.1. The molecule has 4 heteroatoms. The summed E-state index contributed by atoms with van der Waals surface area (Å²) >= 11 is 0. The number of Topliss-reactive ketones (excluding diaryl/α,β-unsaturated/α-hetero) is 1. The number of ether oxygens (including phenoxy) is 1. The molecule has 1 fully saturated rings. The zero-order chi connectivity index (χ0) is 16.5.